The van der Waals surface area contributed by atoms with Crippen LogP contribution in [0.5, 0.6) is 11.5 Å². The van der Waals surface area contributed by atoms with Gasteiger partial charge in [0.05, 0.1) is 19.3 Å². The summed E-state index contributed by atoms with van der Waals surface area (Å²) in [5.41, 5.74) is 2.39. The predicted octanol–water partition coefficient (Wildman–Crippen LogP) is 3.92. The fourth-order valence-electron chi connectivity index (χ4n) is 4.91. The van der Waals surface area contributed by atoms with Crippen LogP contribution in [0.25, 0.3) is 0 Å². The summed E-state index contributed by atoms with van der Waals surface area (Å²) in [6.45, 7) is 9.23. The number of carbonyl (C=O) groups is 4. The summed E-state index contributed by atoms with van der Waals surface area (Å²) in [7, 11) is 1.26. The van der Waals surface area contributed by atoms with Crippen molar-refractivity contribution >= 4 is 35.5 Å². The number of ether oxygens (including phenoxy) is 4. The van der Waals surface area contributed by atoms with Gasteiger partial charge in [0.2, 0.25) is 0 Å². The number of carbonyl (C=O) groups excluding carboxylic acids is 4. The number of Topliss-reactive ketones (excluding diaryl/α,β-unsaturated/α-hetero) is 1. The number of dihydropyridines is 1. The summed E-state index contributed by atoms with van der Waals surface area (Å²) in [6.07, 6.45) is 0.425. The molecule has 0 saturated carbocycles. The molecule has 0 fully saturated rings. The van der Waals surface area contributed by atoms with Gasteiger partial charge >= 0.3 is 17.9 Å². The Kier molecular flexibility index (Phi) is 10.0. The standard InChI is InChI=1S/C28H35NO8S/c1-7-35-21-14-18(9-10-20(21)37-17(5)30)24-23(28(33)36-11-12-38-8-2)16(4)29-19-13-15(3)22(27(32)34-6)26(31)25(19)24/h9-10,14-15,22,24,29H,7-8,11-13H2,1-6H3/t15-,22+,24+/m1/s1. The number of allylic oxidation sites excluding steroid dienone is 3. The molecule has 0 bridgehead atoms. The van der Waals surface area contributed by atoms with Crippen molar-refractivity contribution in [2.45, 2.75) is 47.0 Å². The highest BCUT2D eigenvalue weighted by Gasteiger charge is 2.47. The molecule has 0 unspecified atom stereocenters. The maximum Gasteiger partial charge on any atom is 0.336 e. The molecule has 0 radical (unpaired) electrons. The van der Waals surface area contributed by atoms with E-state index in [0.717, 1.165) is 5.75 Å². The molecule has 0 aromatic heterocycles. The minimum atomic E-state index is -0.994. The van der Waals surface area contributed by atoms with Crippen molar-refractivity contribution in [1.29, 1.82) is 0 Å². The smallest absolute Gasteiger partial charge is 0.336 e. The molecule has 38 heavy (non-hydrogen) atoms. The Morgan fingerprint density at radius 3 is 2.53 bits per heavy atom. The van der Waals surface area contributed by atoms with Crippen molar-refractivity contribution in [2.24, 2.45) is 11.8 Å². The third kappa shape index (κ3) is 6.23. The summed E-state index contributed by atoms with van der Waals surface area (Å²) in [5, 5.41) is 3.25. The van der Waals surface area contributed by atoms with Crippen molar-refractivity contribution in [1.82, 2.24) is 5.32 Å². The zero-order chi connectivity index (χ0) is 28.0. The largest absolute Gasteiger partial charge is 0.490 e. The number of esters is 3. The topological polar surface area (TPSA) is 117 Å². The zero-order valence-electron chi connectivity index (χ0n) is 22.7. The van der Waals surface area contributed by atoms with Crippen LogP contribution in [0, 0.1) is 11.8 Å². The van der Waals surface area contributed by atoms with E-state index in [9.17, 15) is 19.2 Å². The Bertz CT molecular complexity index is 1170. The zero-order valence-corrected chi connectivity index (χ0v) is 23.5. The number of hydrogen-bond donors (Lipinski definition) is 1. The average molecular weight is 546 g/mol. The van der Waals surface area contributed by atoms with Crippen molar-refractivity contribution < 1.29 is 38.1 Å². The summed E-state index contributed by atoms with van der Waals surface area (Å²) in [6, 6.07) is 4.93. The molecule has 1 N–H and O–H groups in total. The number of thioether (sulfide) groups is 1. The number of benzene rings is 1. The lowest BCUT2D eigenvalue weighted by molar-refractivity contribution is -0.151. The maximum atomic E-state index is 13.9. The van der Waals surface area contributed by atoms with Gasteiger partial charge < -0.3 is 24.3 Å². The first-order chi connectivity index (χ1) is 18.1. The number of rotatable bonds is 10. The molecule has 1 aromatic rings. The van der Waals surface area contributed by atoms with Crippen LogP contribution in [-0.4, -0.2) is 55.5 Å². The maximum absolute atomic E-state index is 13.9. The van der Waals surface area contributed by atoms with E-state index in [2.05, 4.69) is 5.32 Å². The summed E-state index contributed by atoms with van der Waals surface area (Å²) < 4.78 is 21.6. The fourth-order valence-corrected chi connectivity index (χ4v) is 5.40. The molecule has 1 heterocycles. The van der Waals surface area contributed by atoms with Crippen LogP contribution in [0.15, 0.2) is 40.7 Å². The lowest BCUT2D eigenvalue weighted by Gasteiger charge is -2.38. The van der Waals surface area contributed by atoms with Gasteiger partial charge in [-0.2, -0.15) is 11.8 Å². The van der Waals surface area contributed by atoms with Crippen molar-refractivity contribution in [3.63, 3.8) is 0 Å². The predicted molar refractivity (Wildman–Crippen MR) is 143 cm³/mol. The molecular weight excluding hydrogens is 510 g/mol. The van der Waals surface area contributed by atoms with E-state index in [1.807, 2.05) is 13.8 Å². The minimum Gasteiger partial charge on any atom is -0.490 e. The third-order valence-electron chi connectivity index (χ3n) is 6.48. The van der Waals surface area contributed by atoms with E-state index in [1.165, 1.54) is 14.0 Å². The molecule has 10 heteroatoms. The summed E-state index contributed by atoms with van der Waals surface area (Å²) >= 11 is 1.65. The van der Waals surface area contributed by atoms with Crippen LogP contribution in [0.1, 0.15) is 52.5 Å². The van der Waals surface area contributed by atoms with Gasteiger partial charge in [-0.25, -0.2) is 4.79 Å². The van der Waals surface area contributed by atoms with Gasteiger partial charge in [0.1, 0.15) is 12.5 Å². The molecule has 0 saturated heterocycles. The normalized spacial score (nSPS) is 20.9. The number of hydrogen-bond acceptors (Lipinski definition) is 10. The Morgan fingerprint density at radius 1 is 1.16 bits per heavy atom. The van der Waals surface area contributed by atoms with Gasteiger partial charge in [-0.3, -0.25) is 14.4 Å². The Balaban J connectivity index is 2.16. The van der Waals surface area contributed by atoms with E-state index >= 15 is 0 Å². The number of nitrogens with one attached hydrogen (secondary N) is 1. The first-order valence-electron chi connectivity index (χ1n) is 12.7. The van der Waals surface area contributed by atoms with Gasteiger partial charge in [0.25, 0.3) is 0 Å². The lowest BCUT2D eigenvalue weighted by Crippen LogP contribution is -2.43. The molecule has 3 rings (SSSR count). The monoisotopic (exact) mass is 545 g/mol. The molecule has 1 aliphatic carbocycles. The second-order valence-corrected chi connectivity index (χ2v) is 10.5. The van der Waals surface area contributed by atoms with Crippen molar-refractivity contribution in [3.8, 4) is 11.5 Å². The van der Waals surface area contributed by atoms with Gasteiger partial charge in [0.15, 0.2) is 17.3 Å². The lowest BCUT2D eigenvalue weighted by atomic mass is 9.69. The Morgan fingerprint density at radius 2 is 1.89 bits per heavy atom. The SMILES string of the molecule is CCOc1cc([C@H]2C(C(=O)OCCSCC)=C(C)NC3=C2C(=O)[C@@H](C(=O)OC)[C@H](C)C3)ccc1OC(C)=O. The highest BCUT2D eigenvalue weighted by Crippen LogP contribution is 2.47. The molecule has 206 valence electrons. The van der Waals surface area contributed by atoms with Crippen LogP contribution in [-0.2, 0) is 28.7 Å². The van der Waals surface area contributed by atoms with Gasteiger partial charge in [-0.15, -0.1) is 0 Å². The Labute approximate surface area is 227 Å². The highest BCUT2D eigenvalue weighted by atomic mass is 32.2. The molecule has 1 aliphatic heterocycles. The molecule has 1 aromatic carbocycles. The fraction of sp³-hybridized carbons (Fsp3) is 0.500. The molecule has 0 amide bonds. The van der Waals surface area contributed by atoms with Gasteiger partial charge in [0, 0.05) is 35.6 Å². The molecule has 0 spiro atoms. The van der Waals surface area contributed by atoms with Crippen molar-refractivity contribution in [2.75, 3.05) is 31.8 Å². The third-order valence-corrected chi connectivity index (χ3v) is 7.35. The number of ketones is 1. The number of methoxy groups -OCH3 is 1. The van der Waals surface area contributed by atoms with Gasteiger partial charge in [-0.1, -0.05) is 19.9 Å². The summed E-state index contributed by atoms with van der Waals surface area (Å²) in [5.74, 6) is -2.11. The Hall–Kier alpha value is -3.27. The summed E-state index contributed by atoms with van der Waals surface area (Å²) in [4.78, 5) is 51.6. The van der Waals surface area contributed by atoms with E-state index in [4.69, 9.17) is 18.9 Å². The minimum absolute atomic E-state index is 0.220. The van der Waals surface area contributed by atoms with Crippen LogP contribution >= 0.6 is 11.8 Å². The molecular formula is C28H35NO8S. The van der Waals surface area contributed by atoms with Crippen LogP contribution in [0.3, 0.4) is 0 Å². The van der Waals surface area contributed by atoms with E-state index in [-0.39, 0.29) is 23.8 Å². The quantitative estimate of drug-likeness (QED) is 0.201. The van der Waals surface area contributed by atoms with Crippen molar-refractivity contribution in [3.05, 3.63) is 46.3 Å². The van der Waals surface area contributed by atoms with E-state index in [1.54, 1.807) is 43.8 Å². The first kappa shape index (κ1) is 29.3. The second kappa shape index (κ2) is 13.0. The van der Waals surface area contributed by atoms with Crippen LogP contribution in [0.2, 0.25) is 0 Å². The molecule has 2 aliphatic rings. The van der Waals surface area contributed by atoms with E-state index in [0.29, 0.717) is 47.1 Å². The van der Waals surface area contributed by atoms with Gasteiger partial charge in [-0.05, 0) is 49.6 Å². The van der Waals surface area contributed by atoms with E-state index < -0.39 is 35.5 Å². The van der Waals surface area contributed by atoms with Crippen LogP contribution in [0.4, 0.5) is 0 Å². The first-order valence-corrected chi connectivity index (χ1v) is 13.8. The molecule has 9 nitrogen and oxygen atoms in total. The highest BCUT2D eigenvalue weighted by molar-refractivity contribution is 7.99. The average Bonchev–Trinajstić information content (AvgIpc) is 2.86. The van der Waals surface area contributed by atoms with Crippen LogP contribution < -0.4 is 14.8 Å². The molecule has 3 atom stereocenters. The second-order valence-electron chi connectivity index (χ2n) is 9.10.